The van der Waals surface area contributed by atoms with Gasteiger partial charge in [0.05, 0.1) is 16.6 Å². The lowest BCUT2D eigenvalue weighted by Gasteiger charge is -2.33. The van der Waals surface area contributed by atoms with E-state index in [2.05, 4.69) is 10.4 Å². The van der Waals surface area contributed by atoms with E-state index >= 15 is 0 Å². The van der Waals surface area contributed by atoms with Crippen LogP contribution >= 0.6 is 11.6 Å². The molecule has 4 rings (SSSR count). The fraction of sp³-hybridized carbons (Fsp3) is 0.350. The average Bonchev–Trinajstić information content (AvgIpc) is 3.08. The number of halogens is 4. The Morgan fingerprint density at radius 1 is 1.33 bits per heavy atom. The average molecular weight is 438 g/mol. The second-order valence-electron chi connectivity index (χ2n) is 7.40. The third kappa shape index (κ3) is 3.47. The summed E-state index contributed by atoms with van der Waals surface area (Å²) in [5, 5.41) is 15.5. The van der Waals surface area contributed by atoms with Crippen molar-refractivity contribution in [2.45, 2.75) is 31.5 Å². The Balaban J connectivity index is 1.86. The number of amides is 1. The molecule has 4 N–H and O–H groups in total. The monoisotopic (exact) mass is 437 g/mol. The van der Waals surface area contributed by atoms with Crippen LogP contribution in [0.2, 0.25) is 5.02 Å². The summed E-state index contributed by atoms with van der Waals surface area (Å²) < 4.78 is 41.6. The minimum absolute atomic E-state index is 0.0352. The number of allylic oxidation sites excluding steroid dienone is 2. The fourth-order valence-corrected chi connectivity index (χ4v) is 4.39. The quantitative estimate of drug-likeness (QED) is 0.651. The standard InChI is InChI=1S/C20H19ClF3N5O/c21-13-6-5-10(9-12(13)20(22,23)24)17-16(18(26)30)19-27-8-7-15(29(19)28-17)11-3-1-2-4-14(11)25/h2,4-6,9,11,15,25,27H,1,3,7-8H2,(H2,26,30). The summed E-state index contributed by atoms with van der Waals surface area (Å²) in [5.41, 5.74) is 5.26. The van der Waals surface area contributed by atoms with Crippen LogP contribution in [-0.2, 0) is 6.18 Å². The molecular weight excluding hydrogens is 419 g/mol. The van der Waals surface area contributed by atoms with Gasteiger partial charge in [-0.25, -0.2) is 4.68 Å². The van der Waals surface area contributed by atoms with Crippen molar-refractivity contribution in [3.63, 3.8) is 0 Å². The molecule has 1 aliphatic carbocycles. The SMILES string of the molecule is N=C1C=CCCC1C1CCNc2c(C(N)=O)c(-c3ccc(Cl)c(C(F)(F)F)c3)nn21. The molecule has 2 atom stereocenters. The van der Waals surface area contributed by atoms with E-state index in [0.29, 0.717) is 24.5 Å². The number of benzene rings is 1. The van der Waals surface area contributed by atoms with E-state index in [9.17, 15) is 18.0 Å². The van der Waals surface area contributed by atoms with E-state index in [4.69, 9.17) is 22.7 Å². The molecule has 0 radical (unpaired) electrons. The molecule has 10 heteroatoms. The number of aromatic nitrogens is 2. The summed E-state index contributed by atoms with van der Waals surface area (Å²) in [6.45, 7) is 0.540. The lowest BCUT2D eigenvalue weighted by Crippen LogP contribution is -2.33. The summed E-state index contributed by atoms with van der Waals surface area (Å²) >= 11 is 5.73. The summed E-state index contributed by atoms with van der Waals surface area (Å²) in [6, 6.07) is 3.21. The van der Waals surface area contributed by atoms with Crippen molar-refractivity contribution in [1.82, 2.24) is 9.78 Å². The van der Waals surface area contributed by atoms with Crippen molar-refractivity contribution in [1.29, 1.82) is 5.41 Å². The molecule has 0 spiro atoms. The number of carbonyl (C=O) groups is 1. The number of nitrogens with one attached hydrogen (secondary N) is 2. The smallest absolute Gasteiger partial charge is 0.370 e. The zero-order valence-electron chi connectivity index (χ0n) is 15.8. The Labute approximate surface area is 175 Å². The molecule has 158 valence electrons. The maximum absolute atomic E-state index is 13.3. The van der Waals surface area contributed by atoms with Gasteiger partial charge in [-0.05, 0) is 37.5 Å². The first-order valence-corrected chi connectivity index (χ1v) is 9.84. The molecule has 0 saturated carbocycles. The first-order chi connectivity index (χ1) is 14.2. The Kier molecular flexibility index (Phi) is 5.09. The van der Waals surface area contributed by atoms with Crippen LogP contribution in [0, 0.1) is 11.3 Å². The van der Waals surface area contributed by atoms with Gasteiger partial charge in [-0.3, -0.25) is 4.79 Å². The highest BCUT2D eigenvalue weighted by molar-refractivity contribution is 6.31. The number of anilines is 1. The Morgan fingerprint density at radius 2 is 2.10 bits per heavy atom. The van der Waals surface area contributed by atoms with Gasteiger partial charge < -0.3 is 16.5 Å². The van der Waals surface area contributed by atoms with Gasteiger partial charge in [0, 0.05) is 23.7 Å². The van der Waals surface area contributed by atoms with E-state index in [-0.39, 0.29) is 28.8 Å². The van der Waals surface area contributed by atoms with Gasteiger partial charge in [0.15, 0.2) is 0 Å². The number of nitrogens with two attached hydrogens (primary N) is 1. The van der Waals surface area contributed by atoms with Crippen LogP contribution in [0.3, 0.4) is 0 Å². The van der Waals surface area contributed by atoms with Gasteiger partial charge in [-0.15, -0.1) is 0 Å². The van der Waals surface area contributed by atoms with Gasteiger partial charge in [0.2, 0.25) is 0 Å². The molecule has 1 amide bonds. The molecule has 0 bridgehead atoms. The second kappa shape index (κ2) is 7.46. The Bertz CT molecular complexity index is 1060. The van der Waals surface area contributed by atoms with Gasteiger partial charge in [-0.2, -0.15) is 18.3 Å². The zero-order chi connectivity index (χ0) is 21.6. The molecule has 1 aromatic heterocycles. The van der Waals surface area contributed by atoms with Crippen molar-refractivity contribution in [3.05, 3.63) is 46.5 Å². The normalized spacial score (nSPS) is 21.3. The molecule has 2 unspecified atom stereocenters. The fourth-order valence-electron chi connectivity index (χ4n) is 4.17. The Morgan fingerprint density at radius 3 is 2.77 bits per heavy atom. The predicted molar refractivity (Wildman–Crippen MR) is 108 cm³/mol. The molecule has 1 aliphatic heterocycles. The van der Waals surface area contributed by atoms with Crippen molar-refractivity contribution in [3.8, 4) is 11.3 Å². The summed E-state index contributed by atoms with van der Waals surface area (Å²) in [5.74, 6) is -0.513. The van der Waals surface area contributed by atoms with E-state index < -0.39 is 22.7 Å². The molecule has 2 aromatic rings. The van der Waals surface area contributed by atoms with Crippen molar-refractivity contribution in [2.75, 3.05) is 11.9 Å². The minimum Gasteiger partial charge on any atom is -0.370 e. The number of hydrogen-bond acceptors (Lipinski definition) is 4. The molecule has 6 nitrogen and oxygen atoms in total. The Hall–Kier alpha value is -2.81. The summed E-state index contributed by atoms with van der Waals surface area (Å²) in [4.78, 5) is 12.3. The highest BCUT2D eigenvalue weighted by atomic mass is 35.5. The number of carbonyl (C=O) groups excluding carboxylic acids is 1. The van der Waals surface area contributed by atoms with E-state index in [1.807, 2.05) is 6.08 Å². The van der Waals surface area contributed by atoms with Crippen LogP contribution in [0.15, 0.2) is 30.4 Å². The molecule has 0 fully saturated rings. The largest absolute Gasteiger partial charge is 0.417 e. The number of primary amides is 1. The molecule has 2 aliphatic rings. The maximum Gasteiger partial charge on any atom is 0.417 e. The summed E-state index contributed by atoms with van der Waals surface area (Å²) in [7, 11) is 0. The topological polar surface area (TPSA) is 96.8 Å². The van der Waals surface area contributed by atoms with Gasteiger partial charge in [-0.1, -0.05) is 23.7 Å². The van der Waals surface area contributed by atoms with Crippen LogP contribution < -0.4 is 11.1 Å². The van der Waals surface area contributed by atoms with Crippen LogP contribution in [0.5, 0.6) is 0 Å². The summed E-state index contributed by atoms with van der Waals surface area (Å²) in [6.07, 6.45) is 1.32. The van der Waals surface area contributed by atoms with Crippen molar-refractivity contribution < 1.29 is 18.0 Å². The van der Waals surface area contributed by atoms with Crippen molar-refractivity contribution in [2.24, 2.45) is 11.7 Å². The number of nitrogens with zero attached hydrogens (tertiary/aromatic N) is 2. The van der Waals surface area contributed by atoms with E-state index in [0.717, 1.165) is 25.0 Å². The number of rotatable bonds is 3. The zero-order valence-corrected chi connectivity index (χ0v) is 16.5. The third-order valence-electron chi connectivity index (χ3n) is 5.55. The van der Waals surface area contributed by atoms with Crippen LogP contribution in [-0.4, -0.2) is 27.9 Å². The van der Waals surface area contributed by atoms with Crippen LogP contribution in [0.4, 0.5) is 19.0 Å². The molecule has 30 heavy (non-hydrogen) atoms. The van der Waals surface area contributed by atoms with E-state index in [1.54, 1.807) is 10.8 Å². The predicted octanol–water partition coefficient (Wildman–Crippen LogP) is 4.66. The second-order valence-corrected chi connectivity index (χ2v) is 7.80. The lowest BCUT2D eigenvalue weighted by molar-refractivity contribution is -0.137. The number of fused-ring (bicyclic) bond motifs is 1. The molecule has 2 heterocycles. The first-order valence-electron chi connectivity index (χ1n) is 9.46. The molecule has 0 saturated heterocycles. The molecule has 1 aromatic carbocycles. The lowest BCUT2D eigenvalue weighted by atomic mass is 9.84. The highest BCUT2D eigenvalue weighted by Crippen LogP contribution is 2.41. The van der Waals surface area contributed by atoms with Gasteiger partial charge >= 0.3 is 6.18 Å². The van der Waals surface area contributed by atoms with Crippen LogP contribution in [0.1, 0.15) is 41.2 Å². The van der Waals surface area contributed by atoms with Crippen molar-refractivity contribution >= 4 is 29.0 Å². The number of hydrogen-bond donors (Lipinski definition) is 3. The molecular formula is C20H19ClF3N5O. The van der Waals surface area contributed by atoms with Crippen LogP contribution in [0.25, 0.3) is 11.3 Å². The van der Waals surface area contributed by atoms with Gasteiger partial charge in [0.25, 0.3) is 5.91 Å². The highest BCUT2D eigenvalue weighted by Gasteiger charge is 2.37. The van der Waals surface area contributed by atoms with E-state index in [1.165, 1.54) is 6.07 Å². The third-order valence-corrected chi connectivity index (χ3v) is 5.88. The number of alkyl halides is 3. The van der Waals surface area contributed by atoms with Gasteiger partial charge in [0.1, 0.15) is 17.1 Å². The maximum atomic E-state index is 13.3. The minimum atomic E-state index is -4.65. The first kappa shape index (κ1) is 20.5.